The molecule has 0 unspecified atom stereocenters. The standard InChI is InChI=1S/C98H73BN4/c1-97(2,3)70-54-68(55-71(60-70)98(4,5)6)67-48-51-83-89(57-67)102(94-73(62-28-11-7-12-29-62)39-25-40-74(94)63-30-13-8-14-31-63)91-58-69(66-49-53-88-82(56-66)81-44-27-43-80-79-38-21-24-47-87(79)101(88)96(80)81)59-92-93(91)99(83)84-52-50-72(100-85-45-22-19-36-77(85)78-37-20-23-46-86(78)100)61-90(84)103(92)95-75(64-32-15-9-16-33-64)41-26-42-76(95)65-34-17-10-18-35-65/h7-61H,1-6H3/i19D,20D,22D,23D,36D,37D,45D,46D. The van der Waals surface area contributed by atoms with E-state index in [-0.39, 0.29) is 44.7 Å². The smallest absolute Gasteiger partial charge is 0.252 e. The van der Waals surface area contributed by atoms with E-state index in [1.807, 2.05) is 18.2 Å². The van der Waals surface area contributed by atoms with Crippen molar-refractivity contribution in [3.8, 4) is 72.4 Å². The van der Waals surface area contributed by atoms with Crippen LogP contribution in [0.15, 0.2) is 333 Å². The Hall–Kier alpha value is -12.4. The van der Waals surface area contributed by atoms with E-state index < -0.39 is 43.0 Å². The van der Waals surface area contributed by atoms with Gasteiger partial charge in [0.15, 0.2) is 0 Å². The Morgan fingerprint density at radius 1 is 0.291 bits per heavy atom. The van der Waals surface area contributed by atoms with Gasteiger partial charge in [0.25, 0.3) is 6.71 Å². The molecule has 0 saturated carbocycles. The second-order valence-electron chi connectivity index (χ2n) is 29.8. The van der Waals surface area contributed by atoms with Crippen LogP contribution in [-0.4, -0.2) is 15.7 Å². The number of hydrogen-bond acceptors (Lipinski definition) is 2. The molecule has 0 N–H and O–H groups in total. The molecule has 2 aliphatic rings. The topological polar surface area (TPSA) is 15.8 Å². The fourth-order valence-corrected chi connectivity index (χ4v) is 16.9. The van der Waals surface area contributed by atoms with Gasteiger partial charge in [-0.1, -0.05) is 314 Å². The van der Waals surface area contributed by atoms with Crippen molar-refractivity contribution in [3.05, 3.63) is 345 Å². The molecule has 3 aromatic heterocycles. The van der Waals surface area contributed by atoms with E-state index in [4.69, 9.17) is 2.74 Å². The van der Waals surface area contributed by atoms with Gasteiger partial charge in [-0.3, -0.25) is 0 Å². The molecular weight excluding hydrogens is 1240 g/mol. The van der Waals surface area contributed by atoms with Crippen LogP contribution in [0.1, 0.15) is 63.6 Å². The van der Waals surface area contributed by atoms with Crippen molar-refractivity contribution >= 4 is 117 Å². The lowest BCUT2D eigenvalue weighted by Crippen LogP contribution is -2.61. The maximum Gasteiger partial charge on any atom is 0.252 e. The molecule has 5 heteroatoms. The minimum atomic E-state index is -0.506. The van der Waals surface area contributed by atoms with Gasteiger partial charge in [0, 0.05) is 83.0 Å². The maximum atomic E-state index is 9.87. The molecule has 0 amide bonds. The van der Waals surface area contributed by atoms with Gasteiger partial charge in [-0.25, -0.2) is 0 Å². The van der Waals surface area contributed by atoms with Crippen molar-refractivity contribution in [3.63, 3.8) is 0 Å². The van der Waals surface area contributed by atoms with Gasteiger partial charge in [-0.05, 0) is 143 Å². The third-order valence-electron chi connectivity index (χ3n) is 21.8. The van der Waals surface area contributed by atoms with Crippen molar-refractivity contribution in [1.82, 2.24) is 8.97 Å². The highest BCUT2D eigenvalue weighted by Gasteiger charge is 2.46. The van der Waals surface area contributed by atoms with Crippen LogP contribution in [0.5, 0.6) is 0 Å². The summed E-state index contributed by atoms with van der Waals surface area (Å²) in [7, 11) is 0. The predicted octanol–water partition coefficient (Wildman–Crippen LogP) is 24.6. The van der Waals surface area contributed by atoms with Crippen LogP contribution < -0.4 is 26.2 Å². The summed E-state index contributed by atoms with van der Waals surface area (Å²) in [6, 6.07) is 100. The van der Waals surface area contributed by atoms with Gasteiger partial charge in [0.05, 0.1) is 49.9 Å². The highest BCUT2D eigenvalue weighted by atomic mass is 15.2. The second-order valence-corrected chi connectivity index (χ2v) is 29.8. The Kier molecular flexibility index (Phi) is 11.8. The Balaban J connectivity index is 0.984. The van der Waals surface area contributed by atoms with Gasteiger partial charge >= 0.3 is 0 Å². The minimum absolute atomic E-state index is 0.00919. The van der Waals surface area contributed by atoms with E-state index in [0.717, 1.165) is 139 Å². The molecule has 0 atom stereocenters. The number of anilines is 6. The summed E-state index contributed by atoms with van der Waals surface area (Å²) in [5.41, 5.74) is 26.7. The summed E-state index contributed by atoms with van der Waals surface area (Å²) in [5.74, 6) is 0. The minimum Gasteiger partial charge on any atom is -0.310 e. The normalized spacial score (nSPS) is 14.0. The van der Waals surface area contributed by atoms with Crippen molar-refractivity contribution in [2.24, 2.45) is 0 Å². The lowest BCUT2D eigenvalue weighted by Gasteiger charge is -2.46. The largest absolute Gasteiger partial charge is 0.310 e. The first-order valence-corrected chi connectivity index (χ1v) is 35.6. The molecule has 488 valence electrons. The zero-order valence-electron chi connectivity index (χ0n) is 66.0. The average Bonchev–Trinajstić information content (AvgIpc) is 0.961. The van der Waals surface area contributed by atoms with Crippen LogP contribution in [0.3, 0.4) is 0 Å². The Labute approximate surface area is 612 Å². The summed E-state index contributed by atoms with van der Waals surface area (Å²) >= 11 is 0. The van der Waals surface area contributed by atoms with Gasteiger partial charge in [-0.2, -0.15) is 0 Å². The highest BCUT2D eigenvalue weighted by molar-refractivity contribution is 7.00. The van der Waals surface area contributed by atoms with Crippen LogP contribution in [0.25, 0.3) is 132 Å². The number of fused-ring (bicyclic) bond motifs is 13. The summed E-state index contributed by atoms with van der Waals surface area (Å²) in [6.45, 7) is 13.2. The van der Waals surface area contributed by atoms with Gasteiger partial charge in [0.1, 0.15) is 0 Å². The zero-order valence-corrected chi connectivity index (χ0v) is 58.0. The van der Waals surface area contributed by atoms with Crippen molar-refractivity contribution < 1.29 is 11.0 Å². The Morgan fingerprint density at radius 3 is 1.22 bits per heavy atom. The first-order valence-electron chi connectivity index (χ1n) is 39.6. The Morgan fingerprint density at radius 2 is 0.699 bits per heavy atom. The number of hydrogen-bond donors (Lipinski definition) is 0. The number of rotatable bonds is 9. The second kappa shape index (κ2) is 23.1. The molecular formula is C98H73BN4. The molecule has 18 aromatic rings. The third-order valence-corrected chi connectivity index (χ3v) is 21.8. The number of para-hydroxylation sites is 6. The van der Waals surface area contributed by atoms with Crippen molar-refractivity contribution in [2.75, 3.05) is 9.80 Å². The summed E-state index contributed by atoms with van der Waals surface area (Å²) in [5, 5.41) is 4.71. The molecule has 0 radical (unpaired) electrons. The summed E-state index contributed by atoms with van der Waals surface area (Å²) in [6.07, 6.45) is 0. The number of nitrogens with zero attached hydrogens (tertiary/aromatic N) is 4. The molecule has 0 spiro atoms. The molecule has 5 heterocycles. The van der Waals surface area contributed by atoms with Crippen LogP contribution in [-0.2, 0) is 10.8 Å². The van der Waals surface area contributed by atoms with Gasteiger partial charge in [-0.15, -0.1) is 0 Å². The van der Waals surface area contributed by atoms with Gasteiger partial charge < -0.3 is 18.8 Å². The number of benzene rings is 15. The maximum absolute atomic E-state index is 9.87. The van der Waals surface area contributed by atoms with E-state index in [2.05, 4.69) is 323 Å². The van der Waals surface area contributed by atoms with Crippen LogP contribution >= 0.6 is 0 Å². The SMILES string of the molecule is [2H]c1c([2H])c([2H])c2c(c1[2H])c1c([2H])c([2H])c([2H])c([2H])c1n2-c1ccc2c(c1)N(c1c(-c3ccccc3)cccc1-c1ccccc1)c1cc(-c3ccc4c(c3)c3cccc5c6ccccc6n4c53)cc3c1B2c1ccc(-c2cc(C(C)(C)C)cc(C(C)(C)C)c2)cc1N3c1c(-c2ccccc2)cccc1-c1ccccc1. The van der Waals surface area contributed by atoms with E-state index in [1.165, 1.54) is 27.4 Å². The van der Waals surface area contributed by atoms with Crippen LogP contribution in [0.4, 0.5) is 34.1 Å². The predicted molar refractivity (Wildman–Crippen MR) is 439 cm³/mol. The van der Waals surface area contributed by atoms with E-state index in [9.17, 15) is 8.22 Å². The monoisotopic (exact) mass is 1320 g/mol. The Bertz CT molecular complexity index is 6740. The molecule has 15 aromatic carbocycles. The van der Waals surface area contributed by atoms with Crippen LogP contribution in [0.2, 0.25) is 0 Å². The highest BCUT2D eigenvalue weighted by Crippen LogP contribution is 2.55. The van der Waals surface area contributed by atoms with Gasteiger partial charge in [0.2, 0.25) is 0 Å². The van der Waals surface area contributed by atoms with Crippen molar-refractivity contribution in [1.29, 1.82) is 0 Å². The number of aromatic nitrogens is 2. The lowest BCUT2D eigenvalue weighted by atomic mass is 9.33. The lowest BCUT2D eigenvalue weighted by molar-refractivity contribution is 0.569. The first kappa shape index (κ1) is 52.6. The van der Waals surface area contributed by atoms with E-state index in [0.29, 0.717) is 5.69 Å². The molecule has 103 heavy (non-hydrogen) atoms. The molecule has 2 aliphatic heterocycles. The molecule has 0 aliphatic carbocycles. The fourth-order valence-electron chi connectivity index (χ4n) is 16.9. The van der Waals surface area contributed by atoms with E-state index in [1.54, 1.807) is 4.57 Å². The summed E-state index contributed by atoms with van der Waals surface area (Å²) in [4.78, 5) is 5.03. The molecule has 20 rings (SSSR count). The molecule has 4 nitrogen and oxygen atoms in total. The first-order chi connectivity index (χ1) is 53.7. The quantitative estimate of drug-likeness (QED) is 0.134. The fraction of sp³-hybridized carbons (Fsp3) is 0.0816. The van der Waals surface area contributed by atoms with Crippen molar-refractivity contribution in [2.45, 2.75) is 52.4 Å². The summed E-state index contributed by atoms with van der Waals surface area (Å²) < 4.78 is 79.8. The molecule has 0 fully saturated rings. The zero-order chi connectivity index (χ0) is 75.9. The molecule has 0 saturated heterocycles. The van der Waals surface area contributed by atoms with E-state index >= 15 is 0 Å². The average molecular weight is 1330 g/mol. The molecule has 0 bridgehead atoms. The third kappa shape index (κ3) is 9.45. The van der Waals surface area contributed by atoms with Crippen LogP contribution in [0, 0.1) is 0 Å².